The van der Waals surface area contributed by atoms with Gasteiger partial charge in [0.1, 0.15) is 11.6 Å². The summed E-state index contributed by atoms with van der Waals surface area (Å²) >= 11 is 0. The molecular formula is C14H20N6O. The zero-order valence-corrected chi connectivity index (χ0v) is 12.5. The van der Waals surface area contributed by atoms with Gasteiger partial charge in [0.05, 0.1) is 6.54 Å². The van der Waals surface area contributed by atoms with E-state index in [9.17, 15) is 4.79 Å². The van der Waals surface area contributed by atoms with Crippen LogP contribution in [0.5, 0.6) is 0 Å². The van der Waals surface area contributed by atoms with E-state index in [0.717, 1.165) is 12.4 Å². The van der Waals surface area contributed by atoms with Crippen molar-refractivity contribution in [2.24, 2.45) is 5.92 Å². The molecule has 112 valence electrons. The molecule has 0 saturated heterocycles. The van der Waals surface area contributed by atoms with Gasteiger partial charge in [0.25, 0.3) is 5.91 Å². The van der Waals surface area contributed by atoms with Crippen molar-refractivity contribution in [2.75, 3.05) is 12.4 Å². The first kappa shape index (κ1) is 15.0. The molecule has 0 bridgehead atoms. The van der Waals surface area contributed by atoms with Crippen molar-refractivity contribution in [2.45, 2.75) is 26.9 Å². The van der Waals surface area contributed by atoms with E-state index in [1.807, 2.05) is 6.20 Å². The van der Waals surface area contributed by atoms with Crippen LogP contribution in [-0.4, -0.2) is 32.7 Å². The number of nitrogens with zero attached hydrogens (tertiary/aromatic N) is 4. The van der Waals surface area contributed by atoms with Crippen LogP contribution in [0, 0.1) is 5.92 Å². The summed E-state index contributed by atoms with van der Waals surface area (Å²) in [6, 6.07) is 3.36. The number of imidazole rings is 1. The van der Waals surface area contributed by atoms with Crippen LogP contribution in [0.4, 0.5) is 5.82 Å². The Kier molecular flexibility index (Phi) is 4.86. The molecule has 2 N–H and O–H groups in total. The zero-order chi connectivity index (χ0) is 15.2. The number of hydrogen-bond donors (Lipinski definition) is 2. The molecule has 2 heterocycles. The number of rotatable bonds is 6. The summed E-state index contributed by atoms with van der Waals surface area (Å²) in [6.45, 7) is 5.83. The highest BCUT2D eigenvalue weighted by molar-refractivity contribution is 5.91. The summed E-state index contributed by atoms with van der Waals surface area (Å²) in [5, 5.41) is 13.5. The van der Waals surface area contributed by atoms with Crippen LogP contribution in [0.2, 0.25) is 0 Å². The first-order valence-electron chi connectivity index (χ1n) is 6.90. The predicted molar refractivity (Wildman–Crippen MR) is 79.8 cm³/mol. The van der Waals surface area contributed by atoms with Gasteiger partial charge in [-0.2, -0.15) is 0 Å². The molecule has 2 aromatic heterocycles. The normalized spacial score (nSPS) is 10.7. The van der Waals surface area contributed by atoms with Gasteiger partial charge in [0.15, 0.2) is 5.69 Å². The number of amides is 1. The van der Waals surface area contributed by atoms with E-state index in [4.69, 9.17) is 0 Å². The summed E-state index contributed by atoms with van der Waals surface area (Å²) in [5.41, 5.74) is 0.296. The average Bonchev–Trinajstić information content (AvgIpc) is 2.91. The summed E-state index contributed by atoms with van der Waals surface area (Å²) in [5.74, 6) is 1.87. The maximum Gasteiger partial charge on any atom is 0.271 e. The molecule has 0 aromatic carbocycles. The van der Waals surface area contributed by atoms with E-state index in [0.29, 0.717) is 24.0 Å². The van der Waals surface area contributed by atoms with Crippen molar-refractivity contribution in [1.82, 2.24) is 25.1 Å². The topological polar surface area (TPSA) is 84.7 Å². The molecule has 0 aliphatic carbocycles. The third-order valence-electron chi connectivity index (χ3n) is 2.92. The number of carbonyl (C=O) groups excluding carboxylic acids is 1. The van der Waals surface area contributed by atoms with Crippen molar-refractivity contribution < 1.29 is 4.79 Å². The monoisotopic (exact) mass is 288 g/mol. The van der Waals surface area contributed by atoms with Gasteiger partial charge >= 0.3 is 0 Å². The molecule has 2 rings (SSSR count). The largest absolute Gasteiger partial charge is 0.361 e. The average molecular weight is 288 g/mol. The molecule has 0 atom stereocenters. The SMILES string of the molecule is CNC(=O)c1ccc(NCc2nccn2CC(C)C)nn1. The van der Waals surface area contributed by atoms with Crippen LogP contribution >= 0.6 is 0 Å². The molecular weight excluding hydrogens is 268 g/mol. The van der Waals surface area contributed by atoms with E-state index >= 15 is 0 Å². The van der Waals surface area contributed by atoms with Crippen molar-refractivity contribution >= 4 is 11.7 Å². The second-order valence-electron chi connectivity index (χ2n) is 5.13. The fraction of sp³-hybridized carbons (Fsp3) is 0.429. The second-order valence-corrected chi connectivity index (χ2v) is 5.13. The third-order valence-corrected chi connectivity index (χ3v) is 2.92. The maximum absolute atomic E-state index is 11.4. The summed E-state index contributed by atoms with van der Waals surface area (Å²) in [6.07, 6.45) is 3.76. The quantitative estimate of drug-likeness (QED) is 0.837. The van der Waals surface area contributed by atoms with E-state index in [-0.39, 0.29) is 5.91 Å². The molecule has 0 aliphatic heterocycles. The van der Waals surface area contributed by atoms with Crippen LogP contribution in [-0.2, 0) is 13.1 Å². The van der Waals surface area contributed by atoms with Crippen LogP contribution in [0.25, 0.3) is 0 Å². The maximum atomic E-state index is 11.4. The van der Waals surface area contributed by atoms with Crippen molar-refractivity contribution in [3.05, 3.63) is 36.0 Å². The van der Waals surface area contributed by atoms with Gasteiger partial charge in [-0.15, -0.1) is 10.2 Å². The summed E-state index contributed by atoms with van der Waals surface area (Å²) in [4.78, 5) is 15.7. The van der Waals surface area contributed by atoms with Crippen LogP contribution in [0.1, 0.15) is 30.2 Å². The molecule has 2 aromatic rings. The molecule has 21 heavy (non-hydrogen) atoms. The van der Waals surface area contributed by atoms with E-state index in [1.165, 1.54) is 0 Å². The lowest BCUT2D eigenvalue weighted by molar-refractivity contribution is 0.0957. The molecule has 0 radical (unpaired) electrons. The molecule has 7 nitrogen and oxygen atoms in total. The highest BCUT2D eigenvalue weighted by Crippen LogP contribution is 2.07. The number of aromatic nitrogens is 4. The van der Waals surface area contributed by atoms with Gasteiger partial charge in [-0.25, -0.2) is 4.98 Å². The van der Waals surface area contributed by atoms with Gasteiger partial charge < -0.3 is 15.2 Å². The minimum atomic E-state index is -0.249. The van der Waals surface area contributed by atoms with Gasteiger partial charge in [0.2, 0.25) is 0 Å². The Bertz CT molecular complexity index is 590. The third kappa shape index (κ3) is 4.01. The minimum Gasteiger partial charge on any atom is -0.361 e. The number of nitrogens with one attached hydrogen (secondary N) is 2. The Hall–Kier alpha value is -2.44. The smallest absolute Gasteiger partial charge is 0.271 e. The molecule has 0 fully saturated rings. The first-order chi connectivity index (χ1) is 10.1. The van der Waals surface area contributed by atoms with E-state index in [2.05, 4.69) is 44.2 Å². The Morgan fingerprint density at radius 3 is 2.76 bits per heavy atom. The van der Waals surface area contributed by atoms with Crippen LogP contribution in [0.15, 0.2) is 24.5 Å². The molecule has 0 saturated carbocycles. The van der Waals surface area contributed by atoms with Gasteiger partial charge in [-0.1, -0.05) is 13.8 Å². The lowest BCUT2D eigenvalue weighted by atomic mass is 10.2. The van der Waals surface area contributed by atoms with Crippen molar-refractivity contribution in [3.63, 3.8) is 0 Å². The second kappa shape index (κ2) is 6.83. The standard InChI is InChI=1S/C14H20N6O/c1-10(2)9-20-7-6-16-13(20)8-17-12-5-4-11(18-19-12)14(21)15-3/h4-7,10H,8-9H2,1-3H3,(H,15,21)(H,17,19). The summed E-state index contributed by atoms with van der Waals surface area (Å²) in [7, 11) is 1.56. The fourth-order valence-electron chi connectivity index (χ4n) is 1.91. The van der Waals surface area contributed by atoms with Crippen LogP contribution < -0.4 is 10.6 Å². The predicted octanol–water partition coefficient (Wildman–Crippen LogP) is 1.30. The molecule has 0 spiro atoms. The highest BCUT2D eigenvalue weighted by atomic mass is 16.1. The Balaban J connectivity index is 1.97. The van der Waals surface area contributed by atoms with E-state index in [1.54, 1.807) is 25.4 Å². The number of anilines is 1. The molecule has 1 amide bonds. The van der Waals surface area contributed by atoms with Gasteiger partial charge in [-0.3, -0.25) is 4.79 Å². The lowest BCUT2D eigenvalue weighted by Gasteiger charge is -2.11. The zero-order valence-electron chi connectivity index (χ0n) is 12.5. The lowest BCUT2D eigenvalue weighted by Crippen LogP contribution is -2.20. The van der Waals surface area contributed by atoms with Gasteiger partial charge in [0, 0.05) is 26.0 Å². The first-order valence-corrected chi connectivity index (χ1v) is 6.90. The molecule has 0 aliphatic rings. The van der Waals surface area contributed by atoms with Crippen molar-refractivity contribution in [1.29, 1.82) is 0 Å². The number of hydrogen-bond acceptors (Lipinski definition) is 5. The Labute approximate surface area is 123 Å². The molecule has 0 unspecified atom stereocenters. The summed E-state index contributed by atoms with van der Waals surface area (Å²) < 4.78 is 2.12. The highest BCUT2D eigenvalue weighted by Gasteiger charge is 2.07. The van der Waals surface area contributed by atoms with Crippen LogP contribution in [0.3, 0.4) is 0 Å². The van der Waals surface area contributed by atoms with Gasteiger partial charge in [-0.05, 0) is 18.1 Å². The van der Waals surface area contributed by atoms with Crippen molar-refractivity contribution in [3.8, 4) is 0 Å². The minimum absolute atomic E-state index is 0.249. The Morgan fingerprint density at radius 1 is 1.33 bits per heavy atom. The molecule has 7 heteroatoms. The van der Waals surface area contributed by atoms with E-state index < -0.39 is 0 Å². The Morgan fingerprint density at radius 2 is 2.14 bits per heavy atom. The fourth-order valence-corrected chi connectivity index (χ4v) is 1.91. The number of carbonyl (C=O) groups is 1.